The molecule has 2 aromatic rings. The van der Waals surface area contributed by atoms with Gasteiger partial charge in [-0.1, -0.05) is 6.07 Å². The standard InChI is InChI=1S/C21H26N2O4/c1-26-18-5-7-19(8-6-18)27-14-17(24)13-22-10-15-9-16(12-22)20-3-2-4-21(25)23(20)11-15/h2-8,15-17,24H,9-14H2,1H3/t15-,16+,17+/m0/s1. The largest absolute Gasteiger partial charge is 0.497 e. The van der Waals surface area contributed by atoms with Crippen molar-refractivity contribution < 1.29 is 14.6 Å². The second kappa shape index (κ2) is 7.74. The molecule has 2 aliphatic heterocycles. The summed E-state index contributed by atoms with van der Waals surface area (Å²) in [6.45, 7) is 3.41. The molecule has 3 heterocycles. The van der Waals surface area contributed by atoms with Gasteiger partial charge in [-0.05, 0) is 42.7 Å². The second-order valence-electron chi connectivity index (χ2n) is 7.56. The Balaban J connectivity index is 1.33. The lowest BCUT2D eigenvalue weighted by molar-refractivity contribution is 0.0384. The summed E-state index contributed by atoms with van der Waals surface area (Å²) in [6, 6.07) is 12.9. The summed E-state index contributed by atoms with van der Waals surface area (Å²) < 4.78 is 12.8. The number of aliphatic hydroxyl groups is 1. The summed E-state index contributed by atoms with van der Waals surface area (Å²) in [4.78, 5) is 14.4. The molecule has 6 heteroatoms. The topological polar surface area (TPSA) is 63.9 Å². The Morgan fingerprint density at radius 3 is 2.67 bits per heavy atom. The van der Waals surface area contributed by atoms with Gasteiger partial charge in [-0.25, -0.2) is 0 Å². The van der Waals surface area contributed by atoms with Crippen LogP contribution < -0.4 is 15.0 Å². The number of β-amino-alcohol motifs (C(OH)–C–C–N with tert-alkyl or cyclic N) is 1. The Morgan fingerprint density at radius 1 is 1.11 bits per heavy atom. The molecule has 4 rings (SSSR count). The molecule has 2 aliphatic rings. The molecule has 3 atom stereocenters. The third-order valence-electron chi connectivity index (χ3n) is 5.53. The lowest BCUT2D eigenvalue weighted by atomic mass is 9.83. The highest BCUT2D eigenvalue weighted by Crippen LogP contribution is 2.34. The first kappa shape index (κ1) is 18.1. The summed E-state index contributed by atoms with van der Waals surface area (Å²) >= 11 is 0. The third kappa shape index (κ3) is 4.01. The fourth-order valence-electron chi connectivity index (χ4n) is 4.36. The van der Waals surface area contributed by atoms with Crippen molar-refractivity contribution >= 4 is 0 Å². The predicted molar refractivity (Wildman–Crippen MR) is 102 cm³/mol. The number of nitrogens with zero attached hydrogens (tertiary/aromatic N) is 2. The molecule has 0 aliphatic carbocycles. The number of hydrogen-bond donors (Lipinski definition) is 1. The van der Waals surface area contributed by atoms with Crippen LogP contribution in [0.4, 0.5) is 0 Å². The summed E-state index contributed by atoms with van der Waals surface area (Å²) in [5, 5.41) is 10.4. The highest BCUT2D eigenvalue weighted by Gasteiger charge is 2.34. The molecule has 0 spiro atoms. The van der Waals surface area contributed by atoms with Crippen molar-refractivity contribution in [3.63, 3.8) is 0 Å². The van der Waals surface area contributed by atoms with Crippen LogP contribution in [0.25, 0.3) is 0 Å². The minimum absolute atomic E-state index is 0.101. The van der Waals surface area contributed by atoms with Crippen molar-refractivity contribution in [2.24, 2.45) is 5.92 Å². The Bertz CT molecular complexity index is 833. The van der Waals surface area contributed by atoms with Crippen LogP contribution in [0.3, 0.4) is 0 Å². The molecule has 27 heavy (non-hydrogen) atoms. The predicted octanol–water partition coefficient (Wildman–Crippen LogP) is 1.72. The van der Waals surface area contributed by atoms with Crippen molar-refractivity contribution in [1.29, 1.82) is 0 Å². The first-order chi connectivity index (χ1) is 13.1. The Hall–Kier alpha value is -2.31. The number of methoxy groups -OCH3 is 1. The number of aromatic nitrogens is 1. The van der Waals surface area contributed by atoms with Gasteiger partial charge in [0.2, 0.25) is 0 Å². The Morgan fingerprint density at radius 2 is 1.89 bits per heavy atom. The highest BCUT2D eigenvalue weighted by atomic mass is 16.5. The smallest absolute Gasteiger partial charge is 0.250 e. The monoisotopic (exact) mass is 370 g/mol. The third-order valence-corrected chi connectivity index (χ3v) is 5.53. The van der Waals surface area contributed by atoms with Gasteiger partial charge in [-0.3, -0.25) is 9.69 Å². The summed E-state index contributed by atoms with van der Waals surface area (Å²) in [6.07, 6.45) is 0.571. The van der Waals surface area contributed by atoms with E-state index in [4.69, 9.17) is 9.47 Å². The van der Waals surface area contributed by atoms with Crippen molar-refractivity contribution in [2.75, 3.05) is 33.4 Å². The van der Waals surface area contributed by atoms with Gasteiger partial charge < -0.3 is 19.1 Å². The highest BCUT2D eigenvalue weighted by molar-refractivity contribution is 5.31. The molecule has 1 saturated heterocycles. The van der Waals surface area contributed by atoms with Gasteiger partial charge in [-0.2, -0.15) is 0 Å². The number of benzene rings is 1. The fourth-order valence-corrected chi connectivity index (χ4v) is 4.36. The van der Waals surface area contributed by atoms with Gasteiger partial charge in [0.15, 0.2) is 0 Å². The van der Waals surface area contributed by atoms with Crippen molar-refractivity contribution in [3.05, 3.63) is 58.5 Å². The Kier molecular flexibility index (Phi) is 5.18. The van der Waals surface area contributed by atoms with Gasteiger partial charge >= 0.3 is 0 Å². The number of aliphatic hydroxyl groups excluding tert-OH is 1. The van der Waals surface area contributed by atoms with Gasteiger partial charge in [0.05, 0.1) is 7.11 Å². The maximum atomic E-state index is 12.1. The maximum absolute atomic E-state index is 12.1. The molecule has 1 aromatic heterocycles. The van der Waals surface area contributed by atoms with Crippen molar-refractivity contribution in [3.8, 4) is 11.5 Å². The molecule has 0 amide bonds. The summed E-state index contributed by atoms with van der Waals surface area (Å²) in [5.41, 5.74) is 1.23. The van der Waals surface area contributed by atoms with Crippen LogP contribution >= 0.6 is 0 Å². The van der Waals surface area contributed by atoms with Crippen LogP contribution in [0.1, 0.15) is 18.0 Å². The zero-order valence-electron chi connectivity index (χ0n) is 15.6. The first-order valence-electron chi connectivity index (χ1n) is 9.49. The molecule has 0 radical (unpaired) electrons. The van der Waals surface area contributed by atoms with E-state index >= 15 is 0 Å². The first-order valence-corrected chi connectivity index (χ1v) is 9.49. The number of piperidine rings is 1. The lowest BCUT2D eigenvalue weighted by Crippen LogP contribution is -2.49. The molecule has 2 bridgehead atoms. The zero-order valence-corrected chi connectivity index (χ0v) is 15.6. The van der Waals surface area contributed by atoms with Gasteiger partial charge in [-0.15, -0.1) is 0 Å². The normalized spacial score (nSPS) is 22.7. The number of hydrogen-bond acceptors (Lipinski definition) is 5. The van der Waals surface area contributed by atoms with Crippen LogP contribution in [-0.2, 0) is 6.54 Å². The SMILES string of the molecule is COc1ccc(OC[C@H](O)CN2C[C@@H]3C[C@H](C2)c2cccc(=O)n2C3)cc1. The summed E-state index contributed by atoms with van der Waals surface area (Å²) in [7, 11) is 1.63. The quantitative estimate of drug-likeness (QED) is 0.839. The molecule has 1 aromatic carbocycles. The molecular weight excluding hydrogens is 344 g/mol. The van der Waals surface area contributed by atoms with E-state index in [0.717, 1.165) is 43.2 Å². The van der Waals surface area contributed by atoms with Crippen LogP contribution in [0, 0.1) is 5.92 Å². The molecule has 6 nitrogen and oxygen atoms in total. The molecule has 1 N–H and O–H groups in total. The van der Waals surface area contributed by atoms with E-state index in [0.29, 0.717) is 18.4 Å². The molecule has 1 fully saturated rings. The van der Waals surface area contributed by atoms with E-state index in [1.165, 1.54) is 0 Å². The van der Waals surface area contributed by atoms with E-state index in [2.05, 4.69) is 11.0 Å². The number of ether oxygens (including phenoxy) is 2. The lowest BCUT2D eigenvalue weighted by Gasteiger charge is -2.43. The van der Waals surface area contributed by atoms with Crippen LogP contribution in [-0.4, -0.2) is 54.0 Å². The average Bonchev–Trinajstić information content (AvgIpc) is 2.67. The van der Waals surface area contributed by atoms with Crippen molar-refractivity contribution in [1.82, 2.24) is 9.47 Å². The van der Waals surface area contributed by atoms with E-state index in [9.17, 15) is 9.90 Å². The van der Waals surface area contributed by atoms with Crippen LogP contribution in [0.15, 0.2) is 47.3 Å². The number of rotatable bonds is 6. The number of fused-ring (bicyclic) bond motifs is 4. The van der Waals surface area contributed by atoms with Crippen molar-refractivity contribution in [2.45, 2.75) is 25.0 Å². The number of likely N-dealkylation sites (tertiary alicyclic amines) is 1. The van der Waals surface area contributed by atoms with Crippen LogP contribution in [0.5, 0.6) is 11.5 Å². The molecule has 144 valence electrons. The molecule has 0 unspecified atom stereocenters. The average molecular weight is 370 g/mol. The molecule has 0 saturated carbocycles. The molecular formula is C21H26N2O4. The van der Waals surface area contributed by atoms with E-state index < -0.39 is 6.10 Å². The number of pyridine rings is 1. The minimum Gasteiger partial charge on any atom is -0.497 e. The Labute approximate surface area is 158 Å². The van der Waals surface area contributed by atoms with E-state index in [1.807, 2.05) is 34.9 Å². The fraction of sp³-hybridized carbons (Fsp3) is 0.476. The summed E-state index contributed by atoms with van der Waals surface area (Å²) in [5.74, 6) is 2.33. The zero-order chi connectivity index (χ0) is 18.8. The maximum Gasteiger partial charge on any atom is 0.250 e. The van der Waals surface area contributed by atoms with E-state index in [-0.39, 0.29) is 12.2 Å². The minimum atomic E-state index is -0.552. The van der Waals surface area contributed by atoms with Gasteiger partial charge in [0.25, 0.3) is 5.56 Å². The van der Waals surface area contributed by atoms with Gasteiger partial charge in [0.1, 0.15) is 24.2 Å². The van der Waals surface area contributed by atoms with E-state index in [1.54, 1.807) is 13.2 Å². The van der Waals surface area contributed by atoms with Crippen LogP contribution in [0.2, 0.25) is 0 Å². The second-order valence-corrected chi connectivity index (χ2v) is 7.56. The van der Waals surface area contributed by atoms with Gasteiger partial charge in [0, 0.05) is 43.9 Å².